The number of fused-ring (bicyclic) bond motifs is 1. The highest BCUT2D eigenvalue weighted by molar-refractivity contribution is 5.80. The smallest absolute Gasteiger partial charge is 0.227 e. The molecule has 0 bridgehead atoms. The van der Waals surface area contributed by atoms with Crippen LogP contribution in [0.3, 0.4) is 0 Å². The molecule has 0 radical (unpaired) electrons. The van der Waals surface area contributed by atoms with Crippen molar-refractivity contribution in [2.75, 3.05) is 39.2 Å². The Kier molecular flexibility index (Phi) is 4.94. The van der Waals surface area contributed by atoms with Crippen LogP contribution in [0.15, 0.2) is 48.8 Å². The van der Waals surface area contributed by atoms with Crippen molar-refractivity contribution in [2.24, 2.45) is 0 Å². The molecule has 1 aliphatic heterocycles. The number of amides is 1. The van der Waals surface area contributed by atoms with Crippen molar-refractivity contribution in [3.05, 3.63) is 60.0 Å². The number of carbonyl (C=O) groups excluding carboxylic acids is 1. The molecule has 4 rings (SSSR count). The maximum atomic E-state index is 12.8. The number of anilines is 1. The third kappa shape index (κ3) is 3.42. The molecule has 0 N–H and O–H groups in total. The number of rotatable bonds is 5. The number of ether oxygens (including phenoxy) is 1. The summed E-state index contributed by atoms with van der Waals surface area (Å²) in [7, 11) is 5.66. The van der Waals surface area contributed by atoms with Crippen LogP contribution in [0.1, 0.15) is 23.6 Å². The second-order valence-corrected chi connectivity index (χ2v) is 7.50. The van der Waals surface area contributed by atoms with Crippen molar-refractivity contribution in [1.82, 2.24) is 14.3 Å². The highest BCUT2D eigenvalue weighted by Gasteiger charge is 2.29. The molecule has 6 nitrogen and oxygen atoms in total. The number of likely N-dealkylation sites (tertiary alicyclic amines) is 1. The number of aromatic nitrogens is 2. The van der Waals surface area contributed by atoms with Crippen molar-refractivity contribution < 1.29 is 9.53 Å². The molecular formula is C22H26N4O2. The molecule has 0 saturated carbocycles. The largest absolute Gasteiger partial charge is 0.496 e. The van der Waals surface area contributed by atoms with Gasteiger partial charge in [-0.05, 0) is 24.6 Å². The lowest BCUT2D eigenvalue weighted by atomic mass is 10.1. The molecule has 1 amide bonds. The maximum absolute atomic E-state index is 12.8. The standard InChI is InChI=1S/C22H26N4O2/c1-24(2)22-19-8-6-11-25(19)15-18(23-22)17-10-12-26(14-17)21(27)13-16-7-4-5-9-20(16)28-3/h4-9,11,15,17H,10,12-14H2,1-3H3/t17-/m0/s1. The van der Waals surface area contributed by atoms with Gasteiger partial charge in [-0.2, -0.15) is 0 Å². The van der Waals surface area contributed by atoms with Gasteiger partial charge >= 0.3 is 0 Å². The topological polar surface area (TPSA) is 50.1 Å². The zero-order chi connectivity index (χ0) is 19.7. The van der Waals surface area contributed by atoms with E-state index in [0.29, 0.717) is 13.0 Å². The molecule has 0 spiro atoms. The van der Waals surface area contributed by atoms with Crippen molar-refractivity contribution in [3.63, 3.8) is 0 Å². The SMILES string of the molecule is COc1ccccc1CC(=O)N1CC[C@H](c2cn3cccc3c(N(C)C)n2)C1. The van der Waals surface area contributed by atoms with E-state index < -0.39 is 0 Å². The van der Waals surface area contributed by atoms with Gasteiger partial charge in [0.2, 0.25) is 5.91 Å². The van der Waals surface area contributed by atoms with Crippen LogP contribution in [0.25, 0.3) is 5.52 Å². The van der Waals surface area contributed by atoms with Gasteiger partial charge < -0.3 is 18.9 Å². The molecule has 1 fully saturated rings. The fourth-order valence-electron chi connectivity index (χ4n) is 3.92. The Morgan fingerprint density at radius 1 is 1.25 bits per heavy atom. The molecule has 1 saturated heterocycles. The van der Waals surface area contributed by atoms with Crippen molar-refractivity contribution >= 4 is 17.2 Å². The first-order valence-corrected chi connectivity index (χ1v) is 9.61. The van der Waals surface area contributed by atoms with Crippen LogP contribution >= 0.6 is 0 Å². The van der Waals surface area contributed by atoms with E-state index in [1.807, 2.05) is 60.4 Å². The number of para-hydroxylation sites is 1. The summed E-state index contributed by atoms with van der Waals surface area (Å²) < 4.78 is 7.50. The Labute approximate surface area is 165 Å². The first-order chi connectivity index (χ1) is 13.6. The number of nitrogens with zero attached hydrogens (tertiary/aromatic N) is 4. The second-order valence-electron chi connectivity index (χ2n) is 7.50. The lowest BCUT2D eigenvalue weighted by Crippen LogP contribution is -2.30. The van der Waals surface area contributed by atoms with Gasteiger partial charge in [0.25, 0.3) is 0 Å². The van der Waals surface area contributed by atoms with E-state index in [9.17, 15) is 4.79 Å². The number of hydrogen-bond donors (Lipinski definition) is 0. The minimum absolute atomic E-state index is 0.141. The quantitative estimate of drug-likeness (QED) is 0.685. The van der Waals surface area contributed by atoms with E-state index in [4.69, 9.17) is 9.72 Å². The van der Waals surface area contributed by atoms with Crippen LogP contribution < -0.4 is 9.64 Å². The van der Waals surface area contributed by atoms with Crippen molar-refractivity contribution in [1.29, 1.82) is 0 Å². The van der Waals surface area contributed by atoms with E-state index in [-0.39, 0.29) is 11.8 Å². The fraction of sp³-hybridized carbons (Fsp3) is 0.364. The first-order valence-electron chi connectivity index (χ1n) is 9.61. The van der Waals surface area contributed by atoms with Gasteiger partial charge in [-0.25, -0.2) is 4.98 Å². The molecule has 0 aliphatic carbocycles. The first kappa shape index (κ1) is 18.3. The van der Waals surface area contributed by atoms with E-state index in [2.05, 4.69) is 16.7 Å². The monoisotopic (exact) mass is 378 g/mol. The third-order valence-electron chi connectivity index (χ3n) is 5.43. The Hall–Kier alpha value is -3.02. The summed E-state index contributed by atoms with van der Waals surface area (Å²) in [5.74, 6) is 2.12. The van der Waals surface area contributed by atoms with E-state index >= 15 is 0 Å². The summed E-state index contributed by atoms with van der Waals surface area (Å²) in [4.78, 5) is 21.7. The maximum Gasteiger partial charge on any atom is 0.227 e. The van der Waals surface area contributed by atoms with Crippen LogP contribution in [0.2, 0.25) is 0 Å². The average Bonchev–Trinajstić information content (AvgIpc) is 3.37. The highest BCUT2D eigenvalue weighted by atomic mass is 16.5. The molecule has 28 heavy (non-hydrogen) atoms. The number of benzene rings is 1. The summed E-state index contributed by atoms with van der Waals surface area (Å²) in [6.07, 6.45) is 5.45. The molecule has 6 heteroatoms. The summed E-state index contributed by atoms with van der Waals surface area (Å²) in [5, 5.41) is 0. The zero-order valence-electron chi connectivity index (χ0n) is 16.6. The molecule has 2 aromatic heterocycles. The predicted molar refractivity (Wildman–Crippen MR) is 110 cm³/mol. The van der Waals surface area contributed by atoms with E-state index in [1.54, 1.807) is 7.11 Å². The summed E-state index contributed by atoms with van der Waals surface area (Å²) >= 11 is 0. The molecule has 0 unspecified atom stereocenters. The van der Waals surface area contributed by atoms with Gasteiger partial charge in [0.15, 0.2) is 5.82 Å². The zero-order valence-corrected chi connectivity index (χ0v) is 16.6. The van der Waals surface area contributed by atoms with Gasteiger partial charge in [-0.3, -0.25) is 4.79 Å². The number of methoxy groups -OCH3 is 1. The minimum atomic E-state index is 0.141. The Balaban J connectivity index is 1.51. The molecule has 1 aliphatic rings. The Morgan fingerprint density at radius 2 is 2.07 bits per heavy atom. The molecule has 146 valence electrons. The van der Waals surface area contributed by atoms with Crippen molar-refractivity contribution in [2.45, 2.75) is 18.8 Å². The predicted octanol–water partition coefficient (Wildman–Crippen LogP) is 2.97. The summed E-state index contributed by atoms with van der Waals surface area (Å²) in [6.45, 7) is 1.47. The highest BCUT2D eigenvalue weighted by Crippen LogP contribution is 2.30. The van der Waals surface area contributed by atoms with Gasteiger partial charge in [-0.15, -0.1) is 0 Å². The van der Waals surface area contributed by atoms with Gasteiger partial charge in [-0.1, -0.05) is 18.2 Å². The van der Waals surface area contributed by atoms with Crippen LogP contribution in [0.5, 0.6) is 5.75 Å². The molecule has 1 aromatic carbocycles. The van der Waals surface area contributed by atoms with Crippen LogP contribution in [-0.2, 0) is 11.2 Å². The molecule has 3 heterocycles. The third-order valence-corrected chi connectivity index (χ3v) is 5.43. The Bertz CT molecular complexity index is 995. The van der Waals surface area contributed by atoms with Crippen LogP contribution in [0.4, 0.5) is 5.82 Å². The average molecular weight is 378 g/mol. The summed E-state index contributed by atoms with van der Waals surface area (Å²) in [6, 6.07) is 11.8. The molecule has 1 atom stereocenters. The summed E-state index contributed by atoms with van der Waals surface area (Å²) in [5.41, 5.74) is 3.07. The lowest BCUT2D eigenvalue weighted by Gasteiger charge is -2.19. The Morgan fingerprint density at radius 3 is 2.86 bits per heavy atom. The van der Waals surface area contributed by atoms with Crippen LogP contribution in [-0.4, -0.2) is 54.5 Å². The fourth-order valence-corrected chi connectivity index (χ4v) is 3.92. The number of hydrogen-bond acceptors (Lipinski definition) is 4. The van der Waals surface area contributed by atoms with E-state index in [0.717, 1.165) is 41.3 Å². The minimum Gasteiger partial charge on any atom is -0.496 e. The van der Waals surface area contributed by atoms with Crippen LogP contribution in [0, 0.1) is 0 Å². The normalized spacial score (nSPS) is 16.5. The van der Waals surface area contributed by atoms with Gasteiger partial charge in [0, 0.05) is 51.1 Å². The lowest BCUT2D eigenvalue weighted by molar-refractivity contribution is -0.129. The second kappa shape index (κ2) is 7.54. The van der Waals surface area contributed by atoms with Gasteiger partial charge in [0.05, 0.1) is 24.7 Å². The molecular weight excluding hydrogens is 352 g/mol. The number of carbonyl (C=O) groups is 1. The van der Waals surface area contributed by atoms with E-state index in [1.165, 1.54) is 0 Å². The van der Waals surface area contributed by atoms with Gasteiger partial charge in [0.1, 0.15) is 5.75 Å². The molecule has 3 aromatic rings. The van der Waals surface area contributed by atoms with Crippen molar-refractivity contribution in [3.8, 4) is 5.75 Å².